The molecule has 5 nitrogen and oxygen atoms in total. The summed E-state index contributed by atoms with van der Waals surface area (Å²) < 4.78 is 26.8. The van der Waals surface area contributed by atoms with E-state index in [2.05, 4.69) is 10.0 Å². The highest BCUT2D eigenvalue weighted by Crippen LogP contribution is 2.12. The Hall–Kier alpha value is -1.42. The van der Waals surface area contributed by atoms with Crippen molar-refractivity contribution in [2.75, 3.05) is 13.1 Å². The van der Waals surface area contributed by atoms with Crippen molar-refractivity contribution in [3.63, 3.8) is 0 Å². The second-order valence-electron chi connectivity index (χ2n) is 4.96. The third-order valence-electron chi connectivity index (χ3n) is 3.46. The molecule has 6 heteroatoms. The van der Waals surface area contributed by atoms with Gasteiger partial charge in [-0.25, -0.2) is 13.1 Å². The molecule has 1 heterocycles. The Labute approximate surface area is 120 Å². The molecule has 1 fully saturated rings. The molecule has 0 aliphatic carbocycles. The van der Waals surface area contributed by atoms with Crippen LogP contribution in [0.25, 0.3) is 0 Å². The quantitative estimate of drug-likeness (QED) is 0.825. The fraction of sp³-hybridized carbons (Fsp3) is 0.500. The van der Waals surface area contributed by atoms with E-state index in [4.69, 9.17) is 5.26 Å². The lowest BCUT2D eigenvalue weighted by molar-refractivity contribution is 0.539. The minimum Gasteiger partial charge on any atom is -0.314 e. The van der Waals surface area contributed by atoms with Crippen molar-refractivity contribution in [2.45, 2.75) is 36.6 Å². The average Bonchev–Trinajstić information content (AvgIpc) is 2.93. The summed E-state index contributed by atoms with van der Waals surface area (Å²) in [5.41, 5.74) is 0.821. The monoisotopic (exact) mass is 293 g/mol. The number of nitriles is 1. The van der Waals surface area contributed by atoms with E-state index in [1.807, 2.05) is 6.07 Å². The molecule has 1 aliphatic heterocycles. The maximum absolute atomic E-state index is 12.1. The van der Waals surface area contributed by atoms with Crippen LogP contribution in [0.3, 0.4) is 0 Å². The number of hydrogen-bond acceptors (Lipinski definition) is 4. The van der Waals surface area contributed by atoms with E-state index in [0.29, 0.717) is 19.0 Å². The molecule has 1 aromatic rings. The van der Waals surface area contributed by atoms with Crippen LogP contribution in [-0.2, 0) is 16.4 Å². The zero-order valence-electron chi connectivity index (χ0n) is 11.3. The molecule has 20 heavy (non-hydrogen) atoms. The molecule has 1 aliphatic rings. The van der Waals surface area contributed by atoms with Gasteiger partial charge >= 0.3 is 0 Å². The van der Waals surface area contributed by atoms with Gasteiger partial charge in [0.2, 0.25) is 10.0 Å². The van der Waals surface area contributed by atoms with Gasteiger partial charge < -0.3 is 5.32 Å². The van der Waals surface area contributed by atoms with Crippen molar-refractivity contribution in [2.24, 2.45) is 0 Å². The first kappa shape index (κ1) is 15.0. The second-order valence-corrected chi connectivity index (χ2v) is 6.73. The van der Waals surface area contributed by atoms with Gasteiger partial charge in [0.05, 0.1) is 17.4 Å². The van der Waals surface area contributed by atoms with Crippen LogP contribution in [0.4, 0.5) is 0 Å². The van der Waals surface area contributed by atoms with Gasteiger partial charge in [0.25, 0.3) is 0 Å². The Balaban J connectivity index is 1.90. The van der Waals surface area contributed by atoms with Crippen LogP contribution >= 0.6 is 0 Å². The summed E-state index contributed by atoms with van der Waals surface area (Å²) in [5, 5.41) is 11.9. The summed E-state index contributed by atoms with van der Waals surface area (Å²) in [6.45, 7) is 1.47. The van der Waals surface area contributed by atoms with Gasteiger partial charge in [-0.3, -0.25) is 0 Å². The normalized spacial score (nSPS) is 18.9. The number of benzene rings is 1. The molecular weight excluding hydrogens is 274 g/mol. The van der Waals surface area contributed by atoms with E-state index in [1.165, 1.54) is 0 Å². The molecule has 108 valence electrons. The standard InChI is InChI=1S/C14H19N3O2S/c15-9-7-12-3-5-14(6-4-12)20(18,19)17-11-8-13-2-1-10-16-13/h3-6,13,16-17H,1-2,7-8,10-11H2/t13-/m0/s1. The number of nitrogens with zero attached hydrogens (tertiary/aromatic N) is 1. The molecule has 1 aromatic carbocycles. The van der Waals surface area contributed by atoms with Crippen molar-refractivity contribution < 1.29 is 8.42 Å². The lowest BCUT2D eigenvalue weighted by atomic mass is 10.2. The number of sulfonamides is 1. The van der Waals surface area contributed by atoms with Crippen LogP contribution in [0, 0.1) is 11.3 Å². The number of hydrogen-bond donors (Lipinski definition) is 2. The number of nitrogens with one attached hydrogen (secondary N) is 2. The van der Waals surface area contributed by atoms with Crippen LogP contribution in [0.2, 0.25) is 0 Å². The SMILES string of the molecule is N#CCc1ccc(S(=O)(=O)NCC[C@@H]2CCCN2)cc1. The summed E-state index contributed by atoms with van der Waals surface area (Å²) in [6, 6.07) is 8.91. The van der Waals surface area contributed by atoms with Crippen molar-refractivity contribution in [1.29, 1.82) is 5.26 Å². The molecule has 1 atom stereocenters. The zero-order valence-corrected chi connectivity index (χ0v) is 12.1. The summed E-state index contributed by atoms with van der Waals surface area (Å²) in [6.07, 6.45) is 3.38. The van der Waals surface area contributed by atoms with Crippen LogP contribution in [0.15, 0.2) is 29.2 Å². The molecular formula is C14H19N3O2S. The summed E-state index contributed by atoms with van der Waals surface area (Å²) in [7, 11) is -3.44. The van der Waals surface area contributed by atoms with Gasteiger partial charge in [-0.05, 0) is 43.5 Å². The number of rotatable bonds is 6. The second kappa shape index (κ2) is 6.84. The van der Waals surface area contributed by atoms with Gasteiger partial charge in [0.1, 0.15) is 0 Å². The Morgan fingerprint density at radius 1 is 1.35 bits per heavy atom. The average molecular weight is 293 g/mol. The molecule has 2 N–H and O–H groups in total. The summed E-state index contributed by atoms with van der Waals surface area (Å²) >= 11 is 0. The molecule has 1 saturated heterocycles. The maximum atomic E-state index is 12.1. The highest BCUT2D eigenvalue weighted by Gasteiger charge is 2.17. The van der Waals surface area contributed by atoms with Crippen molar-refractivity contribution >= 4 is 10.0 Å². The van der Waals surface area contributed by atoms with Crippen LogP contribution in [-0.4, -0.2) is 27.5 Å². The summed E-state index contributed by atoms with van der Waals surface area (Å²) in [5.74, 6) is 0. The largest absolute Gasteiger partial charge is 0.314 e. The third kappa shape index (κ3) is 4.04. The first-order valence-electron chi connectivity index (χ1n) is 6.81. The van der Waals surface area contributed by atoms with E-state index in [-0.39, 0.29) is 4.90 Å². The molecule has 0 saturated carbocycles. The Morgan fingerprint density at radius 2 is 2.10 bits per heavy atom. The Kier molecular flexibility index (Phi) is 5.12. The van der Waals surface area contributed by atoms with Crippen molar-refractivity contribution in [3.8, 4) is 6.07 Å². The Bertz CT molecular complexity index is 569. The molecule has 0 amide bonds. The minimum atomic E-state index is -3.44. The van der Waals surface area contributed by atoms with E-state index in [9.17, 15) is 8.42 Å². The third-order valence-corrected chi connectivity index (χ3v) is 4.94. The van der Waals surface area contributed by atoms with E-state index in [1.54, 1.807) is 24.3 Å². The van der Waals surface area contributed by atoms with E-state index >= 15 is 0 Å². The molecule has 2 rings (SSSR count). The lowest BCUT2D eigenvalue weighted by Gasteiger charge is -2.11. The van der Waals surface area contributed by atoms with Gasteiger partial charge in [-0.1, -0.05) is 12.1 Å². The molecule has 0 unspecified atom stereocenters. The predicted molar refractivity (Wildman–Crippen MR) is 76.6 cm³/mol. The Morgan fingerprint density at radius 3 is 2.70 bits per heavy atom. The first-order chi connectivity index (χ1) is 9.62. The van der Waals surface area contributed by atoms with Gasteiger partial charge in [-0.15, -0.1) is 0 Å². The fourth-order valence-corrected chi connectivity index (χ4v) is 3.38. The smallest absolute Gasteiger partial charge is 0.240 e. The molecule has 0 spiro atoms. The minimum absolute atomic E-state index is 0.249. The molecule has 0 bridgehead atoms. The van der Waals surface area contributed by atoms with Crippen LogP contribution < -0.4 is 10.0 Å². The van der Waals surface area contributed by atoms with Gasteiger partial charge in [0, 0.05) is 12.6 Å². The molecule has 0 radical (unpaired) electrons. The lowest BCUT2D eigenvalue weighted by Crippen LogP contribution is -2.30. The zero-order chi connectivity index (χ0) is 14.4. The fourth-order valence-electron chi connectivity index (χ4n) is 2.33. The maximum Gasteiger partial charge on any atom is 0.240 e. The van der Waals surface area contributed by atoms with Crippen LogP contribution in [0.1, 0.15) is 24.8 Å². The molecule has 0 aromatic heterocycles. The topological polar surface area (TPSA) is 82.0 Å². The van der Waals surface area contributed by atoms with E-state index < -0.39 is 10.0 Å². The van der Waals surface area contributed by atoms with Gasteiger partial charge in [0.15, 0.2) is 0 Å². The van der Waals surface area contributed by atoms with Gasteiger partial charge in [-0.2, -0.15) is 5.26 Å². The first-order valence-corrected chi connectivity index (χ1v) is 8.29. The van der Waals surface area contributed by atoms with Crippen LogP contribution in [0.5, 0.6) is 0 Å². The highest BCUT2D eigenvalue weighted by atomic mass is 32.2. The van der Waals surface area contributed by atoms with Crippen molar-refractivity contribution in [3.05, 3.63) is 29.8 Å². The predicted octanol–water partition coefficient (Wildman–Crippen LogP) is 1.17. The highest BCUT2D eigenvalue weighted by molar-refractivity contribution is 7.89. The summed E-state index contributed by atoms with van der Waals surface area (Å²) in [4.78, 5) is 0.249. The van der Waals surface area contributed by atoms with E-state index in [0.717, 1.165) is 31.4 Å². The van der Waals surface area contributed by atoms with Crippen molar-refractivity contribution in [1.82, 2.24) is 10.0 Å².